The number of rotatable bonds is 0. The number of nitrogens with zero attached hydrogens (tertiary/aromatic N) is 1. The molecule has 3 unspecified atom stereocenters. The van der Waals surface area contributed by atoms with Gasteiger partial charge in [0.15, 0.2) is 0 Å². The van der Waals surface area contributed by atoms with Crippen molar-refractivity contribution in [3.05, 3.63) is 0 Å². The van der Waals surface area contributed by atoms with Crippen molar-refractivity contribution in [3.63, 3.8) is 0 Å². The second-order valence-electron chi connectivity index (χ2n) is 4.22. The highest BCUT2D eigenvalue weighted by Gasteiger charge is 2.69. The second-order valence-corrected chi connectivity index (χ2v) is 4.22. The molecular weight excluding hydrogens is 154 g/mol. The van der Waals surface area contributed by atoms with Crippen LogP contribution >= 0.6 is 0 Å². The molecule has 66 valence electrons. The third-order valence-electron chi connectivity index (χ3n) is 3.70. The first-order valence-corrected chi connectivity index (χ1v) is 4.66. The molecule has 3 fully saturated rings. The number of amides is 1. The zero-order valence-electron chi connectivity index (χ0n) is 7.25. The molecule has 2 aliphatic heterocycles. The third-order valence-corrected chi connectivity index (χ3v) is 3.70. The predicted octanol–water partition coefficient (Wildman–Crippen LogP) is 0.396. The van der Waals surface area contributed by atoms with Gasteiger partial charge in [0.25, 0.3) is 0 Å². The van der Waals surface area contributed by atoms with E-state index in [1.165, 1.54) is 12.8 Å². The van der Waals surface area contributed by atoms with Gasteiger partial charge in [0.2, 0.25) is 5.91 Å². The molecule has 0 aromatic rings. The summed E-state index contributed by atoms with van der Waals surface area (Å²) in [6.07, 6.45) is 2.86. The van der Waals surface area contributed by atoms with Crippen LogP contribution in [0.4, 0.5) is 0 Å². The Morgan fingerprint density at radius 2 is 2.42 bits per heavy atom. The lowest BCUT2D eigenvalue weighted by molar-refractivity contribution is -0.131. The highest BCUT2D eigenvalue weighted by molar-refractivity contribution is 5.73. The van der Waals surface area contributed by atoms with Crippen LogP contribution in [0.2, 0.25) is 0 Å². The van der Waals surface area contributed by atoms with Gasteiger partial charge in [0.1, 0.15) is 11.7 Å². The normalized spacial score (nSPS) is 48.9. The quantitative estimate of drug-likeness (QED) is 0.489. The van der Waals surface area contributed by atoms with Crippen LogP contribution in [0.15, 0.2) is 0 Å². The number of carbonyl (C=O) groups excluding carboxylic acids is 1. The SMILES string of the molecule is CC(=O)N1CC2CCC23OC3C1. The maximum Gasteiger partial charge on any atom is 0.219 e. The molecule has 1 spiro atoms. The van der Waals surface area contributed by atoms with Crippen molar-refractivity contribution in [2.24, 2.45) is 5.92 Å². The van der Waals surface area contributed by atoms with Gasteiger partial charge in [0.05, 0.1) is 0 Å². The number of ether oxygens (including phenoxy) is 1. The van der Waals surface area contributed by atoms with E-state index in [0.717, 1.165) is 13.1 Å². The van der Waals surface area contributed by atoms with Crippen LogP contribution in [0.1, 0.15) is 19.8 Å². The lowest BCUT2D eigenvalue weighted by atomic mass is 9.69. The first-order chi connectivity index (χ1) is 5.72. The average Bonchev–Trinajstić information content (AvgIpc) is 2.70. The van der Waals surface area contributed by atoms with Crippen molar-refractivity contribution in [1.82, 2.24) is 4.90 Å². The van der Waals surface area contributed by atoms with Gasteiger partial charge in [-0.3, -0.25) is 4.79 Å². The lowest BCUT2D eigenvalue weighted by Gasteiger charge is -2.41. The summed E-state index contributed by atoms with van der Waals surface area (Å²) in [5, 5.41) is 0. The summed E-state index contributed by atoms with van der Waals surface area (Å²) in [4.78, 5) is 13.0. The molecule has 0 N–H and O–H groups in total. The van der Waals surface area contributed by atoms with Crippen molar-refractivity contribution in [1.29, 1.82) is 0 Å². The Labute approximate surface area is 71.7 Å². The zero-order valence-corrected chi connectivity index (χ0v) is 7.25. The van der Waals surface area contributed by atoms with Crippen molar-refractivity contribution >= 4 is 5.91 Å². The van der Waals surface area contributed by atoms with Crippen molar-refractivity contribution in [2.45, 2.75) is 31.5 Å². The fraction of sp³-hybridized carbons (Fsp3) is 0.889. The molecule has 1 amide bonds. The minimum Gasteiger partial charge on any atom is -0.364 e. The van der Waals surface area contributed by atoms with E-state index >= 15 is 0 Å². The van der Waals surface area contributed by atoms with Crippen molar-refractivity contribution in [3.8, 4) is 0 Å². The maximum absolute atomic E-state index is 11.1. The molecule has 3 rings (SSSR count). The van der Waals surface area contributed by atoms with Gasteiger partial charge < -0.3 is 9.64 Å². The largest absolute Gasteiger partial charge is 0.364 e. The van der Waals surface area contributed by atoms with Gasteiger partial charge in [0, 0.05) is 25.9 Å². The Hall–Kier alpha value is -0.570. The van der Waals surface area contributed by atoms with Crippen LogP contribution in [-0.4, -0.2) is 35.6 Å². The smallest absolute Gasteiger partial charge is 0.219 e. The number of hydrogen-bond acceptors (Lipinski definition) is 2. The van der Waals surface area contributed by atoms with Gasteiger partial charge >= 0.3 is 0 Å². The predicted molar refractivity (Wildman–Crippen MR) is 42.6 cm³/mol. The van der Waals surface area contributed by atoms with Crippen molar-refractivity contribution in [2.75, 3.05) is 13.1 Å². The fourth-order valence-electron chi connectivity index (χ4n) is 2.68. The van der Waals surface area contributed by atoms with E-state index in [0.29, 0.717) is 12.0 Å². The third kappa shape index (κ3) is 0.637. The summed E-state index contributed by atoms with van der Waals surface area (Å²) in [7, 11) is 0. The number of likely N-dealkylation sites (tertiary alicyclic amines) is 1. The van der Waals surface area contributed by atoms with Gasteiger partial charge in [-0.15, -0.1) is 0 Å². The molecular formula is C9H13NO2. The summed E-state index contributed by atoms with van der Waals surface area (Å²) in [5.41, 5.74) is 0.256. The molecule has 3 atom stereocenters. The van der Waals surface area contributed by atoms with Gasteiger partial charge in [-0.05, 0) is 12.8 Å². The van der Waals surface area contributed by atoms with Crippen molar-refractivity contribution < 1.29 is 9.53 Å². The zero-order chi connectivity index (χ0) is 8.34. The van der Waals surface area contributed by atoms with E-state index in [-0.39, 0.29) is 11.5 Å². The number of piperidine rings is 1. The first kappa shape index (κ1) is 6.89. The van der Waals surface area contributed by atoms with Gasteiger partial charge in [-0.1, -0.05) is 0 Å². The Balaban J connectivity index is 1.78. The molecule has 2 saturated heterocycles. The van der Waals surface area contributed by atoms with Gasteiger partial charge in [-0.2, -0.15) is 0 Å². The molecule has 0 aromatic heterocycles. The molecule has 12 heavy (non-hydrogen) atoms. The molecule has 1 saturated carbocycles. The van der Waals surface area contributed by atoms with E-state index < -0.39 is 0 Å². The van der Waals surface area contributed by atoms with E-state index in [4.69, 9.17) is 4.74 Å². The van der Waals surface area contributed by atoms with Crippen LogP contribution in [0.3, 0.4) is 0 Å². The lowest BCUT2D eigenvalue weighted by Crippen LogP contribution is -2.53. The number of epoxide rings is 1. The Kier molecular flexibility index (Phi) is 1.06. The van der Waals surface area contributed by atoms with Crippen LogP contribution < -0.4 is 0 Å². The molecule has 3 nitrogen and oxygen atoms in total. The second kappa shape index (κ2) is 1.84. The summed E-state index contributed by atoms with van der Waals surface area (Å²) in [6.45, 7) is 3.42. The number of hydrogen-bond donors (Lipinski definition) is 0. The number of carbonyl (C=O) groups is 1. The van der Waals surface area contributed by atoms with E-state index in [9.17, 15) is 4.79 Å². The van der Waals surface area contributed by atoms with E-state index in [1.807, 2.05) is 4.90 Å². The Bertz CT molecular complexity index is 253. The molecule has 0 aromatic carbocycles. The molecule has 0 radical (unpaired) electrons. The molecule has 3 heteroatoms. The topological polar surface area (TPSA) is 32.8 Å². The monoisotopic (exact) mass is 167 g/mol. The van der Waals surface area contributed by atoms with Gasteiger partial charge in [-0.25, -0.2) is 0 Å². The molecule has 1 aliphatic carbocycles. The Morgan fingerprint density at radius 1 is 1.58 bits per heavy atom. The van der Waals surface area contributed by atoms with E-state index in [1.54, 1.807) is 6.92 Å². The van der Waals surface area contributed by atoms with Crippen LogP contribution in [0.5, 0.6) is 0 Å². The summed E-state index contributed by atoms with van der Waals surface area (Å²) in [5.74, 6) is 0.853. The minimum absolute atomic E-state index is 0.200. The highest BCUT2D eigenvalue weighted by Crippen LogP contribution is 2.59. The standard InChI is InChI=1S/C9H13NO2/c1-6(11)10-4-7-2-3-9(7)8(5-10)12-9/h7-8H,2-5H2,1H3. The summed E-state index contributed by atoms with van der Waals surface area (Å²) in [6, 6.07) is 0. The highest BCUT2D eigenvalue weighted by atomic mass is 16.6. The maximum atomic E-state index is 11.1. The van der Waals surface area contributed by atoms with Crippen LogP contribution in [0, 0.1) is 5.92 Å². The minimum atomic E-state index is 0.200. The van der Waals surface area contributed by atoms with E-state index in [2.05, 4.69) is 0 Å². The van der Waals surface area contributed by atoms with Crippen LogP contribution in [-0.2, 0) is 9.53 Å². The Morgan fingerprint density at radius 3 is 2.92 bits per heavy atom. The average molecular weight is 167 g/mol. The molecule has 3 aliphatic rings. The van der Waals surface area contributed by atoms with Crippen LogP contribution in [0.25, 0.3) is 0 Å². The summed E-state index contributed by atoms with van der Waals surface area (Å²) >= 11 is 0. The molecule has 0 bridgehead atoms. The molecule has 2 heterocycles. The fourth-order valence-corrected chi connectivity index (χ4v) is 2.68. The summed E-state index contributed by atoms with van der Waals surface area (Å²) < 4.78 is 5.65. The first-order valence-electron chi connectivity index (χ1n) is 4.66.